The molecule has 1 aromatic carbocycles. The number of primary amides is 1. The van der Waals surface area contributed by atoms with Gasteiger partial charge in [0.2, 0.25) is 11.7 Å². The van der Waals surface area contributed by atoms with E-state index in [0.717, 1.165) is 0 Å². The predicted octanol–water partition coefficient (Wildman–Crippen LogP) is 3.24. The number of carbonyl (C=O) groups is 2. The van der Waals surface area contributed by atoms with E-state index < -0.39 is 52.4 Å². The van der Waals surface area contributed by atoms with Crippen LogP contribution < -0.4 is 11.1 Å². The third-order valence-electron chi connectivity index (χ3n) is 5.66. The van der Waals surface area contributed by atoms with Gasteiger partial charge in [-0.1, -0.05) is 0 Å². The van der Waals surface area contributed by atoms with Gasteiger partial charge in [0, 0.05) is 18.0 Å². The van der Waals surface area contributed by atoms with Gasteiger partial charge in [-0.2, -0.15) is 26.3 Å². The molecule has 1 aliphatic rings. The summed E-state index contributed by atoms with van der Waals surface area (Å²) in [6, 6.07) is -0.432. The smallest absolute Gasteiger partial charge is 0.368 e. The molecule has 1 saturated carbocycles. The minimum absolute atomic E-state index is 0.0325. The highest BCUT2D eigenvalue weighted by atomic mass is 19.4. The molecule has 190 valence electrons. The Morgan fingerprint density at radius 2 is 1.58 bits per heavy atom. The van der Waals surface area contributed by atoms with Gasteiger partial charge in [-0.15, -0.1) is 5.10 Å². The second-order valence-electron chi connectivity index (χ2n) is 8.19. The van der Waals surface area contributed by atoms with Crippen molar-refractivity contribution in [3.05, 3.63) is 59.3 Å². The molecule has 1 fully saturated rings. The molecule has 0 saturated heterocycles. The van der Waals surface area contributed by atoms with Gasteiger partial charge < -0.3 is 11.1 Å². The van der Waals surface area contributed by atoms with Gasteiger partial charge in [0.05, 0.1) is 22.9 Å². The summed E-state index contributed by atoms with van der Waals surface area (Å²) in [6.45, 7) is 1.41. The summed E-state index contributed by atoms with van der Waals surface area (Å²) < 4.78 is 80.2. The minimum Gasteiger partial charge on any atom is -0.368 e. The van der Waals surface area contributed by atoms with Crippen LogP contribution in [0.15, 0.2) is 36.9 Å². The molecule has 1 unspecified atom stereocenters. The fraction of sp³-hybridized carbons (Fsp3) is 0.333. The van der Waals surface area contributed by atoms with Crippen molar-refractivity contribution in [2.75, 3.05) is 0 Å². The molecule has 1 aliphatic carbocycles. The molecule has 3 aromatic rings. The number of hydrogen-bond donors (Lipinski definition) is 2. The van der Waals surface area contributed by atoms with Gasteiger partial charge in [-0.25, -0.2) is 14.6 Å². The van der Waals surface area contributed by atoms with E-state index in [4.69, 9.17) is 5.73 Å². The Kier molecular flexibility index (Phi) is 5.96. The first kappa shape index (κ1) is 25.1. The maximum absolute atomic E-state index is 13.1. The lowest BCUT2D eigenvalue weighted by Gasteiger charge is -2.17. The summed E-state index contributed by atoms with van der Waals surface area (Å²) in [5, 5.41) is 6.57. The fourth-order valence-corrected chi connectivity index (χ4v) is 3.56. The van der Waals surface area contributed by atoms with E-state index in [-0.39, 0.29) is 23.3 Å². The van der Waals surface area contributed by atoms with Crippen LogP contribution in [0.2, 0.25) is 0 Å². The molecule has 2 amide bonds. The monoisotopic (exact) mass is 513 g/mol. The average Bonchev–Trinajstić information content (AvgIpc) is 3.48. The molecule has 4 rings (SSSR count). The van der Waals surface area contributed by atoms with Gasteiger partial charge in [0.15, 0.2) is 0 Å². The van der Waals surface area contributed by atoms with Crippen molar-refractivity contribution in [2.24, 2.45) is 5.73 Å². The Labute approximate surface area is 198 Å². The van der Waals surface area contributed by atoms with Crippen molar-refractivity contribution in [1.82, 2.24) is 30.0 Å². The van der Waals surface area contributed by atoms with Gasteiger partial charge in [0.1, 0.15) is 17.6 Å². The zero-order valence-electron chi connectivity index (χ0n) is 18.4. The largest absolute Gasteiger partial charge is 0.416 e. The summed E-state index contributed by atoms with van der Waals surface area (Å²) in [5.41, 5.74) is 0.546. The first-order valence-corrected chi connectivity index (χ1v) is 10.4. The van der Waals surface area contributed by atoms with Crippen LogP contribution >= 0.6 is 0 Å². The van der Waals surface area contributed by atoms with Crippen LogP contribution in [0.4, 0.5) is 26.3 Å². The van der Waals surface area contributed by atoms with Crippen molar-refractivity contribution in [1.29, 1.82) is 0 Å². The Morgan fingerprint density at radius 1 is 1.00 bits per heavy atom. The Hall–Kier alpha value is -4.04. The van der Waals surface area contributed by atoms with E-state index >= 15 is 0 Å². The summed E-state index contributed by atoms with van der Waals surface area (Å²) in [5.74, 6) is -1.75. The average molecular weight is 513 g/mol. The Balaban J connectivity index is 1.63. The molecule has 2 aromatic heterocycles. The van der Waals surface area contributed by atoms with Gasteiger partial charge in [-0.3, -0.25) is 14.6 Å². The maximum atomic E-state index is 13.1. The quantitative estimate of drug-likeness (QED) is 0.487. The lowest BCUT2D eigenvalue weighted by molar-refractivity contribution is -0.143. The fourth-order valence-electron chi connectivity index (χ4n) is 3.56. The zero-order chi connectivity index (χ0) is 26.5. The van der Waals surface area contributed by atoms with Crippen molar-refractivity contribution in [3.63, 3.8) is 0 Å². The van der Waals surface area contributed by atoms with Gasteiger partial charge in [-0.05, 0) is 38.0 Å². The number of alkyl halides is 6. The lowest BCUT2D eigenvalue weighted by Crippen LogP contribution is -2.34. The van der Waals surface area contributed by atoms with E-state index in [1.54, 1.807) is 0 Å². The highest BCUT2D eigenvalue weighted by Crippen LogP contribution is 2.43. The highest BCUT2D eigenvalue weighted by Gasteiger charge is 2.52. The van der Waals surface area contributed by atoms with Crippen LogP contribution in [0, 0.1) is 0 Å². The molecule has 0 spiro atoms. The number of hydrogen-bond acceptors (Lipinski definition) is 6. The number of amides is 2. The highest BCUT2D eigenvalue weighted by molar-refractivity contribution is 5.95. The molecule has 15 heteroatoms. The normalized spacial score (nSPS) is 15.9. The van der Waals surface area contributed by atoms with Crippen molar-refractivity contribution in [2.45, 2.75) is 43.7 Å². The number of benzene rings is 1. The zero-order valence-corrected chi connectivity index (χ0v) is 18.4. The third-order valence-corrected chi connectivity index (χ3v) is 5.66. The first-order chi connectivity index (χ1) is 16.7. The number of nitrogens with one attached hydrogen (secondary N) is 1. The molecule has 3 N–H and O–H groups in total. The van der Waals surface area contributed by atoms with E-state index in [1.807, 2.05) is 0 Å². The van der Waals surface area contributed by atoms with Crippen molar-refractivity contribution < 1.29 is 35.9 Å². The van der Waals surface area contributed by atoms with Crippen molar-refractivity contribution in [3.8, 4) is 11.5 Å². The molecule has 2 heterocycles. The first-order valence-electron chi connectivity index (χ1n) is 10.4. The summed E-state index contributed by atoms with van der Waals surface area (Å²) in [7, 11) is 0. The maximum Gasteiger partial charge on any atom is 0.416 e. The third kappa shape index (κ3) is 4.72. The number of aromatic nitrogens is 5. The van der Waals surface area contributed by atoms with E-state index in [1.165, 1.54) is 30.3 Å². The molecule has 0 bridgehead atoms. The number of nitrogens with zero attached hydrogens (tertiary/aromatic N) is 5. The molecule has 36 heavy (non-hydrogen) atoms. The van der Waals surface area contributed by atoms with Crippen LogP contribution in [0.5, 0.6) is 0 Å². The Morgan fingerprint density at radius 3 is 2.11 bits per heavy atom. The SMILES string of the molecule is CC(NC(=O)c1cc(C(F)(F)F)cc(C(F)(F)F)c1)c1nccnc1-c1ncn(C2(C(N)=O)CC2)n1. The van der Waals surface area contributed by atoms with E-state index in [9.17, 15) is 35.9 Å². The number of nitrogens with two attached hydrogens (primary N) is 1. The van der Waals surface area contributed by atoms with Crippen LogP contribution in [-0.4, -0.2) is 36.5 Å². The molecule has 9 nitrogen and oxygen atoms in total. The standard InChI is InChI=1S/C21H17F6N7O2/c1-10(32-17(35)11-6-12(20(22,23)24)8-13(7-11)21(25,26)27)14-15(30-5-4-29-14)16-31-9-34(33-16)19(2-3-19)18(28)36/h4-10H,2-3H2,1H3,(H2,28,36)(H,32,35). The van der Waals surface area contributed by atoms with Crippen LogP contribution in [0.1, 0.15) is 53.0 Å². The summed E-state index contributed by atoms with van der Waals surface area (Å²) >= 11 is 0. The van der Waals surface area contributed by atoms with E-state index in [2.05, 4.69) is 25.4 Å². The minimum atomic E-state index is -5.10. The van der Waals surface area contributed by atoms with E-state index in [0.29, 0.717) is 25.0 Å². The van der Waals surface area contributed by atoms with Crippen LogP contribution in [0.3, 0.4) is 0 Å². The topological polar surface area (TPSA) is 129 Å². The molecule has 0 radical (unpaired) electrons. The lowest BCUT2D eigenvalue weighted by atomic mass is 10.0. The molecular weight excluding hydrogens is 496 g/mol. The molecule has 0 aliphatic heterocycles. The number of halogens is 6. The summed E-state index contributed by atoms with van der Waals surface area (Å²) in [4.78, 5) is 36.8. The second-order valence-corrected chi connectivity index (χ2v) is 8.19. The number of carbonyl (C=O) groups excluding carboxylic acids is 2. The summed E-state index contributed by atoms with van der Waals surface area (Å²) in [6.07, 6.45) is -5.39. The van der Waals surface area contributed by atoms with Crippen LogP contribution in [0.25, 0.3) is 11.5 Å². The van der Waals surface area contributed by atoms with Gasteiger partial charge >= 0.3 is 12.4 Å². The molecular formula is C21H17F6N7O2. The number of rotatable bonds is 6. The van der Waals surface area contributed by atoms with Crippen molar-refractivity contribution >= 4 is 11.8 Å². The van der Waals surface area contributed by atoms with Gasteiger partial charge in [0.25, 0.3) is 5.91 Å². The Bertz CT molecular complexity index is 1300. The molecule has 1 atom stereocenters. The van der Waals surface area contributed by atoms with Crippen LogP contribution in [-0.2, 0) is 22.7 Å². The second kappa shape index (κ2) is 8.57. The predicted molar refractivity (Wildman–Crippen MR) is 110 cm³/mol.